The Labute approximate surface area is 113 Å². The summed E-state index contributed by atoms with van der Waals surface area (Å²) >= 11 is 0. The zero-order chi connectivity index (χ0) is 13.7. The monoisotopic (exact) mass is 260 g/mol. The molecule has 0 fully saturated rings. The molecule has 4 nitrogen and oxygen atoms in total. The first-order valence-electron chi connectivity index (χ1n) is 6.57. The Morgan fingerprint density at radius 2 is 2.26 bits per heavy atom. The molecule has 0 aliphatic heterocycles. The summed E-state index contributed by atoms with van der Waals surface area (Å²) in [6.07, 6.45) is 4.61. The Bertz CT molecular complexity index is 522. The fraction of sp³-hybridized carbons (Fsp3) is 0.400. The number of imidazole rings is 1. The minimum Gasteiger partial charge on any atom is -0.494 e. The van der Waals surface area contributed by atoms with Gasteiger partial charge in [0.2, 0.25) is 0 Å². The molecule has 0 spiro atoms. The second-order valence-electron chi connectivity index (χ2n) is 4.51. The summed E-state index contributed by atoms with van der Waals surface area (Å²) in [5, 5.41) is 10.2. The number of ether oxygens (including phenoxy) is 1. The number of aliphatic hydroxyl groups excluding tert-OH is 1. The molecular formula is C15H20N2O2. The third-order valence-electron chi connectivity index (χ3n) is 3.12. The number of aryl methyl sites for hydroxylation is 2. The van der Waals surface area contributed by atoms with Crippen LogP contribution in [0.2, 0.25) is 0 Å². The van der Waals surface area contributed by atoms with Crippen molar-refractivity contribution >= 4 is 0 Å². The van der Waals surface area contributed by atoms with Crippen LogP contribution in [0.3, 0.4) is 0 Å². The van der Waals surface area contributed by atoms with Crippen molar-refractivity contribution < 1.29 is 9.84 Å². The molecule has 1 unspecified atom stereocenters. The second kappa shape index (κ2) is 6.38. The molecule has 0 amide bonds. The van der Waals surface area contributed by atoms with Crippen molar-refractivity contribution in [1.82, 2.24) is 9.55 Å². The van der Waals surface area contributed by atoms with Gasteiger partial charge in [0.05, 0.1) is 12.7 Å². The van der Waals surface area contributed by atoms with Crippen LogP contribution >= 0.6 is 0 Å². The van der Waals surface area contributed by atoms with Gasteiger partial charge in [0.15, 0.2) is 0 Å². The summed E-state index contributed by atoms with van der Waals surface area (Å²) in [4.78, 5) is 4.26. The third-order valence-corrected chi connectivity index (χ3v) is 3.12. The molecule has 2 aromatic rings. The predicted molar refractivity (Wildman–Crippen MR) is 74.1 cm³/mol. The van der Waals surface area contributed by atoms with Crippen LogP contribution in [0.15, 0.2) is 36.7 Å². The summed E-state index contributed by atoms with van der Waals surface area (Å²) in [5.41, 5.74) is 0.889. The lowest BCUT2D eigenvalue weighted by Gasteiger charge is -2.12. The van der Waals surface area contributed by atoms with E-state index in [1.165, 1.54) is 0 Å². The standard InChI is InChI=1S/C15H20N2O2/c1-3-19-13-6-4-5-12(11-13)14(18)7-8-15-16-9-10-17(15)2/h4-6,9-11,14,18H,3,7-8H2,1-2H3. The van der Waals surface area contributed by atoms with Crippen LogP contribution in [0.5, 0.6) is 5.75 Å². The molecule has 1 atom stereocenters. The molecule has 0 bridgehead atoms. The first-order valence-corrected chi connectivity index (χ1v) is 6.57. The molecule has 0 saturated carbocycles. The van der Waals surface area contributed by atoms with E-state index in [1.54, 1.807) is 6.20 Å². The van der Waals surface area contributed by atoms with Gasteiger partial charge < -0.3 is 14.4 Å². The molecule has 0 saturated heterocycles. The Kier molecular flexibility index (Phi) is 4.58. The lowest BCUT2D eigenvalue weighted by Crippen LogP contribution is -2.04. The van der Waals surface area contributed by atoms with Gasteiger partial charge in [-0.2, -0.15) is 0 Å². The smallest absolute Gasteiger partial charge is 0.119 e. The topological polar surface area (TPSA) is 47.3 Å². The highest BCUT2D eigenvalue weighted by atomic mass is 16.5. The minimum absolute atomic E-state index is 0.489. The summed E-state index contributed by atoms with van der Waals surface area (Å²) in [6.45, 7) is 2.58. The van der Waals surface area contributed by atoms with E-state index < -0.39 is 6.10 Å². The first-order chi connectivity index (χ1) is 9.20. The van der Waals surface area contributed by atoms with E-state index in [9.17, 15) is 5.11 Å². The van der Waals surface area contributed by atoms with Crippen LogP contribution in [0.4, 0.5) is 0 Å². The Morgan fingerprint density at radius 1 is 1.42 bits per heavy atom. The largest absolute Gasteiger partial charge is 0.494 e. The van der Waals surface area contributed by atoms with Crippen LogP contribution in [-0.4, -0.2) is 21.3 Å². The summed E-state index contributed by atoms with van der Waals surface area (Å²) < 4.78 is 7.41. The van der Waals surface area contributed by atoms with Crippen molar-refractivity contribution in [2.24, 2.45) is 7.05 Å². The maximum absolute atomic E-state index is 10.2. The zero-order valence-electron chi connectivity index (χ0n) is 11.4. The molecule has 0 aliphatic rings. The van der Waals surface area contributed by atoms with E-state index in [2.05, 4.69) is 4.98 Å². The van der Waals surface area contributed by atoms with Crippen LogP contribution in [-0.2, 0) is 13.5 Å². The number of hydrogen-bond acceptors (Lipinski definition) is 3. The molecule has 4 heteroatoms. The highest BCUT2D eigenvalue weighted by molar-refractivity contribution is 5.29. The maximum atomic E-state index is 10.2. The molecule has 0 aliphatic carbocycles. The number of nitrogens with zero attached hydrogens (tertiary/aromatic N) is 2. The van der Waals surface area contributed by atoms with E-state index >= 15 is 0 Å². The number of aliphatic hydroxyl groups is 1. The van der Waals surface area contributed by atoms with Gasteiger partial charge >= 0.3 is 0 Å². The molecule has 102 valence electrons. The highest BCUT2D eigenvalue weighted by Gasteiger charge is 2.10. The molecule has 1 heterocycles. The van der Waals surface area contributed by atoms with Crippen LogP contribution in [0.1, 0.15) is 30.8 Å². The molecule has 19 heavy (non-hydrogen) atoms. The Morgan fingerprint density at radius 3 is 2.95 bits per heavy atom. The van der Waals surface area contributed by atoms with Crippen LogP contribution < -0.4 is 4.74 Å². The van der Waals surface area contributed by atoms with Crippen LogP contribution in [0, 0.1) is 0 Å². The van der Waals surface area contributed by atoms with Gasteiger partial charge in [0, 0.05) is 25.9 Å². The lowest BCUT2D eigenvalue weighted by atomic mass is 10.0. The van der Waals surface area contributed by atoms with E-state index in [0.29, 0.717) is 13.0 Å². The van der Waals surface area contributed by atoms with Gasteiger partial charge in [-0.05, 0) is 31.0 Å². The van der Waals surface area contributed by atoms with Crippen molar-refractivity contribution in [3.05, 3.63) is 48.0 Å². The van der Waals surface area contributed by atoms with Gasteiger partial charge in [0.25, 0.3) is 0 Å². The van der Waals surface area contributed by atoms with E-state index in [4.69, 9.17) is 4.74 Å². The average Bonchev–Trinajstić information content (AvgIpc) is 2.82. The fourth-order valence-electron chi connectivity index (χ4n) is 2.05. The molecule has 0 radical (unpaired) electrons. The van der Waals surface area contributed by atoms with E-state index in [0.717, 1.165) is 23.6 Å². The van der Waals surface area contributed by atoms with Crippen molar-refractivity contribution in [2.45, 2.75) is 25.9 Å². The lowest BCUT2D eigenvalue weighted by molar-refractivity contribution is 0.166. The summed E-state index contributed by atoms with van der Waals surface area (Å²) in [6, 6.07) is 7.63. The van der Waals surface area contributed by atoms with Gasteiger partial charge in [0.1, 0.15) is 11.6 Å². The van der Waals surface area contributed by atoms with Crippen LogP contribution in [0.25, 0.3) is 0 Å². The highest BCUT2D eigenvalue weighted by Crippen LogP contribution is 2.22. The summed E-state index contributed by atoms with van der Waals surface area (Å²) in [5.74, 6) is 1.79. The summed E-state index contributed by atoms with van der Waals surface area (Å²) in [7, 11) is 1.96. The number of rotatable bonds is 6. The molecule has 1 N–H and O–H groups in total. The number of benzene rings is 1. The first kappa shape index (κ1) is 13.6. The van der Waals surface area contributed by atoms with Gasteiger partial charge in [-0.1, -0.05) is 12.1 Å². The third kappa shape index (κ3) is 3.58. The second-order valence-corrected chi connectivity index (χ2v) is 4.51. The normalized spacial score (nSPS) is 12.4. The fourth-order valence-corrected chi connectivity index (χ4v) is 2.05. The molecule has 1 aromatic carbocycles. The van der Waals surface area contributed by atoms with Crippen molar-refractivity contribution in [2.75, 3.05) is 6.61 Å². The zero-order valence-corrected chi connectivity index (χ0v) is 11.4. The quantitative estimate of drug-likeness (QED) is 0.868. The van der Waals surface area contributed by atoms with Crippen molar-refractivity contribution in [3.63, 3.8) is 0 Å². The molecule has 2 rings (SSSR count). The van der Waals surface area contributed by atoms with Gasteiger partial charge in [-0.25, -0.2) is 4.98 Å². The average molecular weight is 260 g/mol. The number of hydrogen-bond donors (Lipinski definition) is 1. The SMILES string of the molecule is CCOc1cccc(C(O)CCc2nccn2C)c1. The van der Waals surface area contributed by atoms with Crippen molar-refractivity contribution in [3.8, 4) is 5.75 Å². The van der Waals surface area contributed by atoms with Gasteiger partial charge in [-0.15, -0.1) is 0 Å². The van der Waals surface area contributed by atoms with E-state index in [-0.39, 0.29) is 0 Å². The van der Waals surface area contributed by atoms with Crippen molar-refractivity contribution in [1.29, 1.82) is 0 Å². The maximum Gasteiger partial charge on any atom is 0.119 e. The van der Waals surface area contributed by atoms with Gasteiger partial charge in [-0.3, -0.25) is 0 Å². The molecular weight excluding hydrogens is 240 g/mol. The minimum atomic E-state index is -0.489. The van der Waals surface area contributed by atoms with E-state index in [1.807, 2.05) is 49.0 Å². The molecule has 1 aromatic heterocycles. The Hall–Kier alpha value is -1.81. The number of aromatic nitrogens is 2. The Balaban J connectivity index is 1.97. The predicted octanol–water partition coefficient (Wildman–Crippen LogP) is 2.49.